The van der Waals surface area contributed by atoms with Crippen LogP contribution >= 0.6 is 0 Å². The molecule has 6 heteroatoms. The number of hydrogen-bond donors (Lipinski definition) is 2. The number of benzene rings is 1. The van der Waals surface area contributed by atoms with Crippen molar-refractivity contribution in [3.05, 3.63) is 35.9 Å². The minimum Gasteiger partial charge on any atom is -0.352 e. The molecule has 6 nitrogen and oxygen atoms in total. The molecule has 0 aliphatic carbocycles. The van der Waals surface area contributed by atoms with Crippen molar-refractivity contribution in [2.24, 2.45) is 5.73 Å². The highest BCUT2D eigenvalue weighted by Gasteiger charge is 2.02. The Morgan fingerprint density at radius 1 is 1.05 bits per heavy atom. The molecule has 0 aromatic heterocycles. The second-order valence-corrected chi connectivity index (χ2v) is 4.27. The number of primary amides is 1. The monoisotopic (exact) mass is 266 g/mol. The second-order valence-electron chi connectivity index (χ2n) is 4.27. The summed E-state index contributed by atoms with van der Waals surface area (Å²) in [7, 11) is 6.90. The summed E-state index contributed by atoms with van der Waals surface area (Å²) >= 11 is 0. The minimum atomic E-state index is -0.492. The van der Waals surface area contributed by atoms with Gasteiger partial charge in [-0.3, -0.25) is 0 Å². The first-order valence-electron chi connectivity index (χ1n) is 5.80. The van der Waals surface area contributed by atoms with E-state index in [4.69, 9.17) is 5.73 Å². The Hall–Kier alpha value is -2.24. The summed E-state index contributed by atoms with van der Waals surface area (Å²) in [4.78, 5) is 24.0. The van der Waals surface area contributed by atoms with Crippen LogP contribution in [-0.4, -0.2) is 50.1 Å². The van der Waals surface area contributed by atoms with E-state index in [1.54, 1.807) is 28.2 Å². The van der Waals surface area contributed by atoms with Crippen LogP contribution in [0.1, 0.15) is 5.56 Å². The molecule has 0 bridgehead atoms. The third kappa shape index (κ3) is 8.48. The highest BCUT2D eigenvalue weighted by atomic mass is 16.2. The molecule has 1 rings (SSSR count). The quantitative estimate of drug-likeness (QED) is 0.840. The predicted octanol–water partition coefficient (Wildman–Crippen LogP) is 1.08. The Labute approximate surface area is 114 Å². The molecule has 4 amide bonds. The number of nitrogens with zero attached hydrogens (tertiary/aromatic N) is 2. The zero-order chi connectivity index (χ0) is 14.8. The van der Waals surface area contributed by atoms with Crippen LogP contribution in [0.3, 0.4) is 0 Å². The lowest BCUT2D eigenvalue weighted by Gasteiger charge is -2.16. The number of carbonyl (C=O) groups excluding carboxylic acids is 2. The third-order valence-electron chi connectivity index (χ3n) is 2.07. The summed E-state index contributed by atoms with van der Waals surface area (Å²) in [5.74, 6) is 0. The highest BCUT2D eigenvalue weighted by Crippen LogP contribution is 1.96. The van der Waals surface area contributed by atoms with Crippen LogP contribution in [0.15, 0.2) is 30.3 Å². The average Bonchev–Trinajstić information content (AvgIpc) is 2.37. The Morgan fingerprint density at radius 3 is 1.84 bits per heavy atom. The Kier molecular flexibility index (Phi) is 7.76. The topological polar surface area (TPSA) is 78.7 Å². The van der Waals surface area contributed by atoms with Crippen LogP contribution in [0, 0.1) is 0 Å². The SMILES string of the molecule is CN(C)C(=O)N(C)C.NC(=O)NCc1ccccc1. The fraction of sp³-hybridized carbons (Fsp3) is 0.385. The normalized spacial score (nSPS) is 8.84. The van der Waals surface area contributed by atoms with Gasteiger partial charge >= 0.3 is 12.1 Å². The van der Waals surface area contributed by atoms with Crippen molar-refractivity contribution in [3.8, 4) is 0 Å². The lowest BCUT2D eigenvalue weighted by atomic mass is 10.2. The van der Waals surface area contributed by atoms with Crippen molar-refractivity contribution < 1.29 is 9.59 Å². The molecular formula is C13H22N4O2. The maximum absolute atomic E-state index is 10.7. The molecule has 19 heavy (non-hydrogen) atoms. The van der Waals surface area contributed by atoms with Crippen LogP contribution in [-0.2, 0) is 6.54 Å². The molecule has 1 aromatic rings. The van der Waals surface area contributed by atoms with E-state index in [2.05, 4.69) is 5.32 Å². The molecule has 0 heterocycles. The molecule has 1 aromatic carbocycles. The summed E-state index contributed by atoms with van der Waals surface area (Å²) in [6.45, 7) is 0.496. The smallest absolute Gasteiger partial charge is 0.318 e. The first kappa shape index (κ1) is 16.8. The number of nitrogens with two attached hydrogens (primary N) is 1. The van der Waals surface area contributed by atoms with E-state index >= 15 is 0 Å². The molecule has 0 aliphatic heterocycles. The number of urea groups is 2. The fourth-order valence-corrected chi connectivity index (χ4v) is 1.19. The Morgan fingerprint density at radius 2 is 1.53 bits per heavy atom. The number of nitrogens with one attached hydrogen (secondary N) is 1. The van der Waals surface area contributed by atoms with Crippen molar-refractivity contribution in [2.45, 2.75) is 6.54 Å². The Bertz CT molecular complexity index is 381. The largest absolute Gasteiger partial charge is 0.352 e. The zero-order valence-electron chi connectivity index (χ0n) is 11.9. The maximum atomic E-state index is 10.7. The zero-order valence-corrected chi connectivity index (χ0v) is 11.9. The maximum Gasteiger partial charge on any atom is 0.318 e. The van der Waals surface area contributed by atoms with E-state index in [9.17, 15) is 9.59 Å². The summed E-state index contributed by atoms with van der Waals surface area (Å²) < 4.78 is 0. The van der Waals surface area contributed by atoms with E-state index in [0.717, 1.165) is 5.56 Å². The molecule has 0 spiro atoms. The lowest BCUT2D eigenvalue weighted by Crippen LogP contribution is -2.33. The average molecular weight is 266 g/mol. The van der Waals surface area contributed by atoms with Crippen LogP contribution in [0.25, 0.3) is 0 Å². The van der Waals surface area contributed by atoms with Gasteiger partial charge in [0.05, 0.1) is 0 Å². The molecule has 0 fully saturated rings. The van der Waals surface area contributed by atoms with Crippen molar-refractivity contribution in [3.63, 3.8) is 0 Å². The summed E-state index contributed by atoms with van der Waals surface area (Å²) in [6.07, 6.45) is 0. The molecule has 106 valence electrons. The van der Waals surface area contributed by atoms with Gasteiger partial charge in [-0.25, -0.2) is 9.59 Å². The molecule has 0 atom stereocenters. The van der Waals surface area contributed by atoms with Gasteiger partial charge in [-0.2, -0.15) is 0 Å². The van der Waals surface area contributed by atoms with Gasteiger partial charge in [0.1, 0.15) is 0 Å². The number of rotatable bonds is 2. The van der Waals surface area contributed by atoms with Gasteiger partial charge in [0, 0.05) is 34.7 Å². The van der Waals surface area contributed by atoms with Crippen molar-refractivity contribution >= 4 is 12.1 Å². The Balaban J connectivity index is 0.000000362. The molecule has 0 saturated heterocycles. The van der Waals surface area contributed by atoms with Gasteiger partial charge in [0.2, 0.25) is 0 Å². The van der Waals surface area contributed by atoms with Gasteiger partial charge < -0.3 is 20.9 Å². The van der Waals surface area contributed by atoms with Crippen molar-refractivity contribution in [2.75, 3.05) is 28.2 Å². The van der Waals surface area contributed by atoms with E-state index in [1.807, 2.05) is 30.3 Å². The molecule has 0 saturated carbocycles. The van der Waals surface area contributed by atoms with Gasteiger partial charge in [0.15, 0.2) is 0 Å². The molecule has 0 unspecified atom stereocenters. The first-order valence-corrected chi connectivity index (χ1v) is 5.80. The molecule has 0 radical (unpaired) electrons. The summed E-state index contributed by atoms with van der Waals surface area (Å²) in [5.41, 5.74) is 5.94. The lowest BCUT2D eigenvalue weighted by molar-refractivity contribution is 0.191. The molecule has 3 N–H and O–H groups in total. The number of hydrogen-bond acceptors (Lipinski definition) is 2. The van der Waals surface area contributed by atoms with Gasteiger partial charge in [0.25, 0.3) is 0 Å². The van der Waals surface area contributed by atoms with Crippen LogP contribution < -0.4 is 11.1 Å². The molecule has 0 aliphatic rings. The third-order valence-corrected chi connectivity index (χ3v) is 2.07. The van der Waals surface area contributed by atoms with Gasteiger partial charge in [-0.1, -0.05) is 30.3 Å². The van der Waals surface area contributed by atoms with E-state index in [0.29, 0.717) is 6.54 Å². The number of carbonyl (C=O) groups is 2. The minimum absolute atomic E-state index is 0.0185. The van der Waals surface area contributed by atoms with Crippen molar-refractivity contribution in [1.29, 1.82) is 0 Å². The van der Waals surface area contributed by atoms with E-state index in [1.165, 1.54) is 9.80 Å². The van der Waals surface area contributed by atoms with E-state index < -0.39 is 6.03 Å². The van der Waals surface area contributed by atoms with Gasteiger partial charge in [-0.15, -0.1) is 0 Å². The standard InChI is InChI=1S/C8H10N2O.C5H12N2O/c9-8(11)10-6-7-4-2-1-3-5-7;1-6(2)5(8)7(3)4/h1-5H,6H2,(H3,9,10,11);1-4H3. The van der Waals surface area contributed by atoms with Crippen LogP contribution in [0.2, 0.25) is 0 Å². The van der Waals surface area contributed by atoms with Crippen LogP contribution in [0.5, 0.6) is 0 Å². The van der Waals surface area contributed by atoms with Gasteiger partial charge in [-0.05, 0) is 5.56 Å². The van der Waals surface area contributed by atoms with Crippen molar-refractivity contribution in [1.82, 2.24) is 15.1 Å². The highest BCUT2D eigenvalue weighted by molar-refractivity contribution is 5.73. The predicted molar refractivity (Wildman–Crippen MR) is 75.6 cm³/mol. The number of amides is 4. The van der Waals surface area contributed by atoms with E-state index in [-0.39, 0.29) is 6.03 Å². The fourth-order valence-electron chi connectivity index (χ4n) is 1.19. The first-order chi connectivity index (χ1) is 8.84. The summed E-state index contributed by atoms with van der Waals surface area (Å²) in [6, 6.07) is 9.13. The van der Waals surface area contributed by atoms with Crippen LogP contribution in [0.4, 0.5) is 9.59 Å². The molecular weight excluding hydrogens is 244 g/mol. The summed E-state index contributed by atoms with van der Waals surface area (Å²) in [5, 5.41) is 2.50. The second kappa shape index (κ2) is 8.79.